The third kappa shape index (κ3) is 3.69. The Hall–Kier alpha value is -2.69. The number of pyridine rings is 1. The van der Waals surface area contributed by atoms with Gasteiger partial charge in [0.1, 0.15) is 0 Å². The Bertz CT molecular complexity index is 681. The van der Waals surface area contributed by atoms with Crippen molar-refractivity contribution in [3.05, 3.63) is 59.9 Å². The fourth-order valence-corrected chi connectivity index (χ4v) is 2.14. The predicted octanol–water partition coefficient (Wildman–Crippen LogP) is 2.36. The molecule has 1 aromatic heterocycles. The van der Waals surface area contributed by atoms with Gasteiger partial charge in [-0.15, -0.1) is 0 Å². The lowest BCUT2D eigenvalue weighted by atomic mass is 10.2. The molecule has 5 nitrogen and oxygen atoms in total. The molecule has 5 heteroatoms. The number of carbonyl (C=O) groups excluding carboxylic acids is 2. The molecule has 22 heavy (non-hydrogen) atoms. The van der Waals surface area contributed by atoms with Crippen LogP contribution >= 0.6 is 0 Å². The second kappa shape index (κ2) is 6.39. The summed E-state index contributed by atoms with van der Waals surface area (Å²) in [5.74, 6) is 0.116. The fourth-order valence-electron chi connectivity index (χ4n) is 2.14. The number of amides is 2. The number of anilines is 1. The monoisotopic (exact) mass is 295 g/mol. The van der Waals surface area contributed by atoms with E-state index in [1.165, 1.54) is 6.20 Å². The number of aromatic nitrogens is 1. The van der Waals surface area contributed by atoms with Gasteiger partial charge in [0, 0.05) is 30.5 Å². The smallest absolute Gasteiger partial charge is 0.257 e. The molecule has 0 aliphatic heterocycles. The molecule has 1 aliphatic carbocycles. The molecule has 2 aromatic rings. The minimum Gasteiger partial charge on any atom is -0.352 e. The summed E-state index contributed by atoms with van der Waals surface area (Å²) in [7, 11) is 0. The van der Waals surface area contributed by atoms with Crippen molar-refractivity contribution >= 4 is 17.5 Å². The van der Waals surface area contributed by atoms with Crippen LogP contribution in [0.5, 0.6) is 0 Å². The SMILES string of the molecule is O=C(Nc1cccc(CNC(=O)C2CC2)c1)c1cccnc1. The first kappa shape index (κ1) is 14.3. The maximum Gasteiger partial charge on any atom is 0.257 e. The van der Waals surface area contributed by atoms with Gasteiger partial charge in [-0.25, -0.2) is 0 Å². The van der Waals surface area contributed by atoms with Gasteiger partial charge in [0.05, 0.1) is 5.56 Å². The molecule has 2 N–H and O–H groups in total. The second-order valence-corrected chi connectivity index (χ2v) is 5.39. The van der Waals surface area contributed by atoms with Crippen molar-refractivity contribution in [1.82, 2.24) is 10.3 Å². The van der Waals surface area contributed by atoms with Gasteiger partial charge in [-0.2, -0.15) is 0 Å². The Morgan fingerprint density at radius 1 is 1.18 bits per heavy atom. The van der Waals surface area contributed by atoms with Crippen molar-refractivity contribution in [3.8, 4) is 0 Å². The zero-order valence-electron chi connectivity index (χ0n) is 12.1. The molecule has 0 atom stereocenters. The first-order chi connectivity index (χ1) is 10.7. The topological polar surface area (TPSA) is 71.1 Å². The van der Waals surface area contributed by atoms with Gasteiger partial charge in [0.15, 0.2) is 0 Å². The van der Waals surface area contributed by atoms with Gasteiger partial charge in [0.25, 0.3) is 5.91 Å². The van der Waals surface area contributed by atoms with E-state index >= 15 is 0 Å². The highest BCUT2D eigenvalue weighted by molar-refractivity contribution is 6.04. The molecular weight excluding hydrogens is 278 g/mol. The van der Waals surface area contributed by atoms with Crippen molar-refractivity contribution in [2.45, 2.75) is 19.4 Å². The third-order valence-electron chi connectivity index (χ3n) is 3.52. The molecule has 0 spiro atoms. The number of rotatable bonds is 5. The first-order valence-electron chi connectivity index (χ1n) is 7.30. The van der Waals surface area contributed by atoms with Crippen LogP contribution in [0.3, 0.4) is 0 Å². The Labute approximate surface area is 128 Å². The summed E-state index contributed by atoms with van der Waals surface area (Å²) in [6.07, 6.45) is 5.13. The van der Waals surface area contributed by atoms with Gasteiger partial charge >= 0.3 is 0 Å². The zero-order chi connectivity index (χ0) is 15.4. The van der Waals surface area contributed by atoms with Crippen LogP contribution in [0.15, 0.2) is 48.8 Å². The van der Waals surface area contributed by atoms with Crippen molar-refractivity contribution in [2.24, 2.45) is 5.92 Å². The largest absolute Gasteiger partial charge is 0.352 e. The third-order valence-corrected chi connectivity index (χ3v) is 3.52. The standard InChI is InChI=1S/C17H17N3O2/c21-16(13-6-7-13)19-10-12-3-1-5-15(9-12)20-17(22)14-4-2-8-18-11-14/h1-5,8-9,11,13H,6-7,10H2,(H,19,21)(H,20,22). The molecule has 2 amide bonds. The molecule has 112 valence electrons. The van der Waals surface area contributed by atoms with Crippen LogP contribution in [0.4, 0.5) is 5.69 Å². The van der Waals surface area contributed by atoms with Crippen LogP contribution in [0.2, 0.25) is 0 Å². The lowest BCUT2D eigenvalue weighted by molar-refractivity contribution is -0.122. The zero-order valence-corrected chi connectivity index (χ0v) is 12.1. The van der Waals surface area contributed by atoms with Gasteiger partial charge in [0.2, 0.25) is 5.91 Å². The minimum atomic E-state index is -0.202. The molecule has 1 aliphatic rings. The lowest BCUT2D eigenvalue weighted by Crippen LogP contribution is -2.24. The Balaban J connectivity index is 1.61. The summed E-state index contributed by atoms with van der Waals surface area (Å²) in [6, 6.07) is 10.9. The second-order valence-electron chi connectivity index (χ2n) is 5.39. The van der Waals surface area contributed by atoms with Gasteiger partial charge in [-0.05, 0) is 42.7 Å². The van der Waals surface area contributed by atoms with E-state index in [9.17, 15) is 9.59 Å². The number of benzene rings is 1. The highest BCUT2D eigenvalue weighted by atomic mass is 16.2. The number of carbonyl (C=O) groups is 2. The van der Waals surface area contributed by atoms with E-state index in [0.717, 1.165) is 18.4 Å². The number of hydrogen-bond donors (Lipinski definition) is 2. The molecular formula is C17H17N3O2. The maximum atomic E-state index is 12.1. The maximum absolute atomic E-state index is 12.1. The van der Waals surface area contributed by atoms with Crippen LogP contribution in [-0.4, -0.2) is 16.8 Å². The molecule has 0 radical (unpaired) electrons. The number of hydrogen-bond acceptors (Lipinski definition) is 3. The highest BCUT2D eigenvalue weighted by Crippen LogP contribution is 2.28. The van der Waals surface area contributed by atoms with Gasteiger partial charge in [-0.3, -0.25) is 14.6 Å². The number of nitrogens with zero attached hydrogens (tertiary/aromatic N) is 1. The predicted molar refractivity (Wildman–Crippen MR) is 83.2 cm³/mol. The van der Waals surface area contributed by atoms with E-state index in [2.05, 4.69) is 15.6 Å². The first-order valence-corrected chi connectivity index (χ1v) is 7.30. The average molecular weight is 295 g/mol. The number of nitrogens with one attached hydrogen (secondary N) is 2. The van der Waals surface area contributed by atoms with E-state index < -0.39 is 0 Å². The Morgan fingerprint density at radius 2 is 2.05 bits per heavy atom. The lowest BCUT2D eigenvalue weighted by Gasteiger charge is -2.08. The summed E-state index contributed by atoms with van der Waals surface area (Å²) < 4.78 is 0. The normalized spacial score (nSPS) is 13.5. The molecule has 0 unspecified atom stereocenters. The van der Waals surface area contributed by atoms with E-state index in [4.69, 9.17) is 0 Å². The van der Waals surface area contributed by atoms with Gasteiger partial charge < -0.3 is 10.6 Å². The summed E-state index contributed by atoms with van der Waals surface area (Å²) in [5.41, 5.74) is 2.17. The Morgan fingerprint density at radius 3 is 2.77 bits per heavy atom. The van der Waals surface area contributed by atoms with E-state index in [1.807, 2.05) is 24.3 Å². The summed E-state index contributed by atoms with van der Waals surface area (Å²) in [5, 5.41) is 5.74. The minimum absolute atomic E-state index is 0.116. The molecule has 1 aromatic carbocycles. The molecule has 0 bridgehead atoms. The highest BCUT2D eigenvalue weighted by Gasteiger charge is 2.29. The van der Waals surface area contributed by atoms with Crippen LogP contribution in [0.1, 0.15) is 28.8 Å². The van der Waals surface area contributed by atoms with Crippen LogP contribution in [0, 0.1) is 5.92 Å². The van der Waals surface area contributed by atoms with Crippen molar-refractivity contribution in [1.29, 1.82) is 0 Å². The summed E-state index contributed by atoms with van der Waals surface area (Å²) in [6.45, 7) is 0.478. The van der Waals surface area contributed by atoms with E-state index in [-0.39, 0.29) is 17.7 Å². The quantitative estimate of drug-likeness (QED) is 0.889. The van der Waals surface area contributed by atoms with Crippen molar-refractivity contribution < 1.29 is 9.59 Å². The summed E-state index contributed by atoms with van der Waals surface area (Å²) >= 11 is 0. The van der Waals surface area contributed by atoms with Crippen LogP contribution < -0.4 is 10.6 Å². The van der Waals surface area contributed by atoms with E-state index in [1.54, 1.807) is 18.3 Å². The Kier molecular flexibility index (Phi) is 4.14. The van der Waals surface area contributed by atoms with Gasteiger partial charge in [-0.1, -0.05) is 12.1 Å². The fraction of sp³-hybridized carbons (Fsp3) is 0.235. The van der Waals surface area contributed by atoms with E-state index in [0.29, 0.717) is 17.8 Å². The van der Waals surface area contributed by atoms with Crippen LogP contribution in [0.25, 0.3) is 0 Å². The average Bonchev–Trinajstić information content (AvgIpc) is 3.39. The van der Waals surface area contributed by atoms with Crippen molar-refractivity contribution in [2.75, 3.05) is 5.32 Å². The van der Waals surface area contributed by atoms with Crippen LogP contribution in [-0.2, 0) is 11.3 Å². The molecule has 0 saturated heterocycles. The summed E-state index contributed by atoms with van der Waals surface area (Å²) in [4.78, 5) is 27.6. The molecule has 1 heterocycles. The molecule has 3 rings (SSSR count). The van der Waals surface area contributed by atoms with Crippen molar-refractivity contribution in [3.63, 3.8) is 0 Å². The molecule has 1 saturated carbocycles. The molecule has 1 fully saturated rings.